The Balaban J connectivity index is 2.44. The second kappa shape index (κ2) is 2.85. The van der Waals surface area contributed by atoms with Crippen LogP contribution in [0.15, 0.2) is 18.1 Å². The number of aromatic nitrogens is 2. The molecule has 13 heavy (non-hydrogen) atoms. The maximum Gasteiger partial charge on any atom is 0.335 e. The molecule has 0 aliphatic carbocycles. The fraction of sp³-hybridized carbons (Fsp3) is 0.125. The van der Waals surface area contributed by atoms with E-state index < -0.39 is 5.97 Å². The Kier molecular flexibility index (Phi) is 1.70. The van der Waals surface area contributed by atoms with Crippen molar-refractivity contribution >= 4 is 12.0 Å². The fourth-order valence-corrected chi connectivity index (χ4v) is 1.05. The third-order valence-corrected chi connectivity index (χ3v) is 1.67. The Hall–Kier alpha value is -1.91. The summed E-state index contributed by atoms with van der Waals surface area (Å²) in [7, 11) is 0. The highest BCUT2D eigenvalue weighted by Gasteiger charge is 2.16. The van der Waals surface area contributed by atoms with E-state index in [9.17, 15) is 4.79 Å². The van der Waals surface area contributed by atoms with Gasteiger partial charge in [-0.15, -0.1) is 0 Å². The summed E-state index contributed by atoms with van der Waals surface area (Å²) in [5, 5.41) is 8.67. The number of carboxylic acids is 1. The summed E-state index contributed by atoms with van der Waals surface area (Å²) >= 11 is 0. The normalized spacial score (nSPS) is 14.0. The maximum absolute atomic E-state index is 10.6. The van der Waals surface area contributed by atoms with Crippen LogP contribution in [0, 0.1) is 0 Å². The largest absolute Gasteiger partial charge is 0.478 e. The zero-order valence-electron chi connectivity index (χ0n) is 6.60. The molecule has 0 bridgehead atoms. The van der Waals surface area contributed by atoms with Crippen molar-refractivity contribution in [1.29, 1.82) is 0 Å². The first-order valence-corrected chi connectivity index (χ1v) is 3.64. The number of rotatable bonds is 1. The highest BCUT2D eigenvalue weighted by atomic mass is 16.5. The molecule has 66 valence electrons. The minimum Gasteiger partial charge on any atom is -0.478 e. The second-order valence-electron chi connectivity index (χ2n) is 2.55. The Morgan fingerprint density at radius 2 is 2.46 bits per heavy atom. The molecule has 0 atom stereocenters. The van der Waals surface area contributed by atoms with Crippen LogP contribution in [0.1, 0.15) is 5.56 Å². The zero-order valence-corrected chi connectivity index (χ0v) is 6.60. The van der Waals surface area contributed by atoms with Crippen molar-refractivity contribution < 1.29 is 14.6 Å². The highest BCUT2D eigenvalue weighted by molar-refractivity contribution is 5.93. The van der Waals surface area contributed by atoms with Crippen molar-refractivity contribution in [3.63, 3.8) is 0 Å². The second-order valence-corrected chi connectivity index (χ2v) is 2.55. The van der Waals surface area contributed by atoms with Gasteiger partial charge in [-0.05, 0) is 6.08 Å². The summed E-state index contributed by atoms with van der Waals surface area (Å²) in [6.45, 7) is 0.0549. The van der Waals surface area contributed by atoms with Crippen LogP contribution in [-0.4, -0.2) is 27.7 Å². The number of aliphatic carboxylic acids is 1. The number of fused-ring (bicyclic) bond motifs is 1. The Bertz CT molecular complexity index is 387. The van der Waals surface area contributed by atoms with Gasteiger partial charge in [-0.25, -0.2) is 14.8 Å². The molecule has 0 spiro atoms. The molecule has 1 N–H and O–H groups in total. The SMILES string of the molecule is O=C(O)C1=Cc2cncnc2OC1. The molecule has 1 aliphatic rings. The van der Waals surface area contributed by atoms with Gasteiger partial charge in [0.15, 0.2) is 0 Å². The lowest BCUT2D eigenvalue weighted by Crippen LogP contribution is -2.15. The predicted molar refractivity (Wildman–Crippen MR) is 43.1 cm³/mol. The minimum absolute atomic E-state index is 0.0549. The van der Waals surface area contributed by atoms with Gasteiger partial charge in [-0.3, -0.25) is 0 Å². The van der Waals surface area contributed by atoms with E-state index in [2.05, 4.69) is 9.97 Å². The average Bonchev–Trinajstić information content (AvgIpc) is 2.17. The summed E-state index contributed by atoms with van der Waals surface area (Å²) < 4.78 is 5.10. The van der Waals surface area contributed by atoms with Crippen LogP contribution < -0.4 is 4.74 Å². The van der Waals surface area contributed by atoms with Crippen LogP contribution in [0.2, 0.25) is 0 Å². The van der Waals surface area contributed by atoms with Crippen molar-refractivity contribution in [2.75, 3.05) is 6.61 Å². The fourth-order valence-electron chi connectivity index (χ4n) is 1.05. The van der Waals surface area contributed by atoms with Gasteiger partial charge in [0.2, 0.25) is 5.88 Å². The first-order valence-electron chi connectivity index (χ1n) is 3.64. The Morgan fingerprint density at radius 3 is 3.23 bits per heavy atom. The number of hydrogen-bond acceptors (Lipinski definition) is 4. The minimum atomic E-state index is -0.977. The summed E-state index contributed by atoms with van der Waals surface area (Å²) in [5.74, 6) is -0.547. The number of carbonyl (C=O) groups is 1. The van der Waals surface area contributed by atoms with Crippen molar-refractivity contribution in [3.8, 4) is 5.88 Å². The molecule has 1 aromatic rings. The van der Waals surface area contributed by atoms with E-state index in [-0.39, 0.29) is 12.2 Å². The molecule has 0 amide bonds. The van der Waals surface area contributed by atoms with Crippen LogP contribution in [0.4, 0.5) is 0 Å². The standard InChI is InChI=1S/C8H6N2O3/c11-8(12)6-1-5-2-9-4-10-7(5)13-3-6/h1-2,4H,3H2,(H,11,12). The van der Waals surface area contributed by atoms with E-state index in [1.165, 1.54) is 18.6 Å². The number of nitrogens with zero attached hydrogens (tertiary/aromatic N) is 2. The predicted octanol–water partition coefficient (Wildman–Crippen LogP) is 0.337. The maximum atomic E-state index is 10.6. The molecule has 5 heteroatoms. The molecular formula is C8H6N2O3. The van der Waals surface area contributed by atoms with E-state index in [0.717, 1.165) is 0 Å². The van der Waals surface area contributed by atoms with E-state index >= 15 is 0 Å². The van der Waals surface area contributed by atoms with Gasteiger partial charge in [0, 0.05) is 6.20 Å². The molecule has 5 nitrogen and oxygen atoms in total. The van der Waals surface area contributed by atoms with Gasteiger partial charge >= 0.3 is 5.97 Å². The van der Waals surface area contributed by atoms with Gasteiger partial charge in [-0.2, -0.15) is 0 Å². The van der Waals surface area contributed by atoms with Crippen molar-refractivity contribution in [2.24, 2.45) is 0 Å². The molecule has 0 fully saturated rings. The van der Waals surface area contributed by atoms with Crippen molar-refractivity contribution in [3.05, 3.63) is 23.7 Å². The van der Waals surface area contributed by atoms with E-state index in [1.54, 1.807) is 0 Å². The Labute approximate surface area is 73.7 Å². The number of hydrogen-bond donors (Lipinski definition) is 1. The molecule has 2 heterocycles. The van der Waals surface area contributed by atoms with Crippen LogP contribution in [0.25, 0.3) is 6.08 Å². The third kappa shape index (κ3) is 1.35. The molecule has 0 aromatic carbocycles. The van der Waals surface area contributed by atoms with Crippen LogP contribution in [-0.2, 0) is 4.79 Å². The zero-order chi connectivity index (χ0) is 9.26. The number of ether oxygens (including phenoxy) is 1. The average molecular weight is 178 g/mol. The molecule has 0 saturated heterocycles. The van der Waals surface area contributed by atoms with Crippen molar-refractivity contribution in [1.82, 2.24) is 9.97 Å². The summed E-state index contributed by atoms with van der Waals surface area (Å²) in [5.41, 5.74) is 0.813. The monoisotopic (exact) mass is 178 g/mol. The van der Waals surface area contributed by atoms with Gasteiger partial charge in [-0.1, -0.05) is 0 Å². The topological polar surface area (TPSA) is 72.3 Å². The molecule has 1 aliphatic heterocycles. The summed E-state index contributed by atoms with van der Waals surface area (Å²) in [6, 6.07) is 0. The van der Waals surface area contributed by atoms with Crippen LogP contribution in [0.5, 0.6) is 5.88 Å². The van der Waals surface area contributed by atoms with Gasteiger partial charge < -0.3 is 9.84 Å². The quantitative estimate of drug-likeness (QED) is 0.671. The first-order chi connectivity index (χ1) is 6.27. The Morgan fingerprint density at radius 1 is 1.62 bits per heavy atom. The summed E-state index contributed by atoms with van der Waals surface area (Å²) in [6.07, 6.45) is 4.39. The van der Waals surface area contributed by atoms with Crippen LogP contribution in [0.3, 0.4) is 0 Å². The third-order valence-electron chi connectivity index (χ3n) is 1.67. The molecule has 0 saturated carbocycles. The van der Waals surface area contributed by atoms with Gasteiger partial charge in [0.25, 0.3) is 0 Å². The van der Waals surface area contributed by atoms with E-state index in [1.807, 2.05) is 0 Å². The van der Waals surface area contributed by atoms with E-state index in [4.69, 9.17) is 9.84 Å². The lowest BCUT2D eigenvalue weighted by molar-refractivity contribution is -0.132. The highest BCUT2D eigenvalue weighted by Crippen LogP contribution is 2.21. The smallest absolute Gasteiger partial charge is 0.335 e. The van der Waals surface area contributed by atoms with Gasteiger partial charge in [0.05, 0.1) is 11.1 Å². The molecule has 0 unspecified atom stereocenters. The number of carboxylic acid groups (broad SMARTS) is 1. The first kappa shape index (κ1) is 7.72. The lowest BCUT2D eigenvalue weighted by Gasteiger charge is -2.12. The molecule has 1 aromatic heterocycles. The van der Waals surface area contributed by atoms with Crippen molar-refractivity contribution in [2.45, 2.75) is 0 Å². The molecule has 2 rings (SSSR count). The molecule has 0 radical (unpaired) electrons. The van der Waals surface area contributed by atoms with Crippen LogP contribution >= 0.6 is 0 Å². The summed E-state index contributed by atoms with van der Waals surface area (Å²) in [4.78, 5) is 18.2. The molecular weight excluding hydrogens is 172 g/mol. The van der Waals surface area contributed by atoms with E-state index in [0.29, 0.717) is 11.4 Å². The van der Waals surface area contributed by atoms with Gasteiger partial charge in [0.1, 0.15) is 12.9 Å². The lowest BCUT2D eigenvalue weighted by atomic mass is 10.1.